The van der Waals surface area contributed by atoms with E-state index in [0.717, 1.165) is 39.7 Å². The number of rotatable bonds is 6. The molecule has 1 aromatic heterocycles. The Labute approximate surface area is 201 Å². The zero-order valence-electron chi connectivity index (χ0n) is 20.5. The highest BCUT2D eigenvalue weighted by atomic mass is 16.5. The summed E-state index contributed by atoms with van der Waals surface area (Å²) >= 11 is 0. The SMILES string of the molecule is CCOc1cc(C2Nc3c(C)cc(C)cc3-c3cc(C)nn32)ccc1OCc1ccc(C)cc1. The summed E-state index contributed by atoms with van der Waals surface area (Å²) in [5.41, 5.74) is 10.4. The third-order valence-corrected chi connectivity index (χ3v) is 6.24. The molecule has 0 bridgehead atoms. The predicted molar refractivity (Wildman–Crippen MR) is 137 cm³/mol. The predicted octanol–water partition coefficient (Wildman–Crippen LogP) is 6.73. The van der Waals surface area contributed by atoms with Crippen molar-refractivity contribution in [3.8, 4) is 22.8 Å². The fourth-order valence-corrected chi connectivity index (χ4v) is 4.63. The van der Waals surface area contributed by atoms with Gasteiger partial charge in [0.1, 0.15) is 12.8 Å². The van der Waals surface area contributed by atoms with E-state index in [1.807, 2.05) is 19.9 Å². The Morgan fingerprint density at radius 1 is 0.853 bits per heavy atom. The molecule has 2 heterocycles. The van der Waals surface area contributed by atoms with E-state index in [2.05, 4.69) is 85.4 Å². The van der Waals surface area contributed by atoms with Gasteiger partial charge < -0.3 is 14.8 Å². The Hall–Kier alpha value is -3.73. The molecule has 1 aliphatic heterocycles. The van der Waals surface area contributed by atoms with Crippen LogP contribution in [-0.2, 0) is 6.61 Å². The zero-order valence-corrected chi connectivity index (χ0v) is 20.5. The molecule has 0 fully saturated rings. The topological polar surface area (TPSA) is 48.3 Å². The first-order valence-corrected chi connectivity index (χ1v) is 11.8. The van der Waals surface area contributed by atoms with Gasteiger partial charge in [0, 0.05) is 16.8 Å². The minimum Gasteiger partial charge on any atom is -0.490 e. The number of ether oxygens (including phenoxy) is 2. The van der Waals surface area contributed by atoms with Crippen LogP contribution in [-0.4, -0.2) is 16.4 Å². The van der Waals surface area contributed by atoms with Crippen molar-refractivity contribution in [3.63, 3.8) is 0 Å². The quantitative estimate of drug-likeness (QED) is 0.351. The van der Waals surface area contributed by atoms with Crippen molar-refractivity contribution < 1.29 is 9.47 Å². The van der Waals surface area contributed by atoms with Gasteiger partial charge in [0.15, 0.2) is 11.5 Å². The summed E-state index contributed by atoms with van der Waals surface area (Å²) in [6.07, 6.45) is -0.136. The molecule has 5 rings (SSSR count). The fourth-order valence-electron chi connectivity index (χ4n) is 4.63. The molecule has 5 heteroatoms. The van der Waals surface area contributed by atoms with E-state index >= 15 is 0 Å². The third kappa shape index (κ3) is 4.14. The Morgan fingerprint density at radius 2 is 1.65 bits per heavy atom. The molecule has 5 nitrogen and oxygen atoms in total. The summed E-state index contributed by atoms with van der Waals surface area (Å²) in [7, 11) is 0. The first-order chi connectivity index (χ1) is 16.4. The van der Waals surface area contributed by atoms with Crippen LogP contribution in [0.15, 0.2) is 60.7 Å². The summed E-state index contributed by atoms with van der Waals surface area (Å²) < 4.78 is 14.2. The summed E-state index contributed by atoms with van der Waals surface area (Å²) in [5, 5.41) is 8.56. The number of nitrogens with zero attached hydrogens (tertiary/aromatic N) is 2. The van der Waals surface area contributed by atoms with E-state index in [-0.39, 0.29) is 6.17 Å². The maximum atomic E-state index is 6.15. The number of aryl methyl sites for hydroxylation is 4. The van der Waals surface area contributed by atoms with Crippen LogP contribution >= 0.6 is 0 Å². The lowest BCUT2D eigenvalue weighted by Gasteiger charge is -2.31. The molecule has 4 aromatic rings. The van der Waals surface area contributed by atoms with Gasteiger partial charge in [-0.25, -0.2) is 4.68 Å². The molecule has 34 heavy (non-hydrogen) atoms. The molecular weight excluding hydrogens is 422 g/mol. The molecule has 1 N–H and O–H groups in total. The minimum atomic E-state index is -0.136. The van der Waals surface area contributed by atoms with Crippen LogP contribution in [0.3, 0.4) is 0 Å². The lowest BCUT2D eigenvalue weighted by atomic mass is 9.98. The number of benzene rings is 3. The van der Waals surface area contributed by atoms with Crippen molar-refractivity contribution in [1.82, 2.24) is 9.78 Å². The Bertz CT molecular complexity index is 1340. The van der Waals surface area contributed by atoms with Gasteiger partial charge in [0.2, 0.25) is 0 Å². The molecule has 1 atom stereocenters. The Morgan fingerprint density at radius 3 is 2.41 bits per heavy atom. The normalized spacial score (nSPS) is 14.2. The second kappa shape index (κ2) is 8.90. The van der Waals surface area contributed by atoms with Gasteiger partial charge in [-0.2, -0.15) is 5.10 Å². The Balaban J connectivity index is 1.49. The number of nitrogens with one attached hydrogen (secondary N) is 1. The van der Waals surface area contributed by atoms with E-state index in [1.165, 1.54) is 22.3 Å². The third-order valence-electron chi connectivity index (χ3n) is 6.24. The molecule has 0 amide bonds. The van der Waals surface area contributed by atoms with E-state index in [9.17, 15) is 0 Å². The van der Waals surface area contributed by atoms with Crippen LogP contribution in [0.4, 0.5) is 5.69 Å². The first-order valence-electron chi connectivity index (χ1n) is 11.8. The molecule has 174 valence electrons. The van der Waals surface area contributed by atoms with Crippen molar-refractivity contribution in [2.45, 2.75) is 47.4 Å². The van der Waals surface area contributed by atoms with Gasteiger partial charge in [0.25, 0.3) is 0 Å². The zero-order chi connectivity index (χ0) is 23.8. The van der Waals surface area contributed by atoms with Crippen molar-refractivity contribution >= 4 is 5.69 Å². The van der Waals surface area contributed by atoms with Gasteiger partial charge in [-0.3, -0.25) is 0 Å². The fraction of sp³-hybridized carbons (Fsp3) is 0.276. The van der Waals surface area contributed by atoms with Crippen LogP contribution in [0.5, 0.6) is 11.5 Å². The van der Waals surface area contributed by atoms with Crippen LogP contribution in [0, 0.1) is 27.7 Å². The molecule has 0 radical (unpaired) electrons. The highest BCUT2D eigenvalue weighted by Gasteiger charge is 2.28. The van der Waals surface area contributed by atoms with E-state index < -0.39 is 0 Å². The van der Waals surface area contributed by atoms with Crippen LogP contribution in [0.25, 0.3) is 11.3 Å². The Kier molecular flexibility index (Phi) is 5.78. The highest BCUT2D eigenvalue weighted by Crippen LogP contribution is 2.42. The standard InChI is InChI=1S/C29H31N3O2/c1-6-33-27-16-23(11-12-26(27)34-17-22-9-7-18(2)8-10-22)29-30-28-20(4)13-19(3)14-24(28)25-15-21(5)31-32(25)29/h7-16,29-30H,6,17H2,1-5H3. The number of aromatic nitrogens is 2. The van der Waals surface area contributed by atoms with Crippen molar-refractivity contribution in [1.29, 1.82) is 0 Å². The van der Waals surface area contributed by atoms with Crippen LogP contribution < -0.4 is 14.8 Å². The summed E-state index contributed by atoms with van der Waals surface area (Å²) in [4.78, 5) is 0. The lowest BCUT2D eigenvalue weighted by Crippen LogP contribution is -2.26. The largest absolute Gasteiger partial charge is 0.490 e. The highest BCUT2D eigenvalue weighted by molar-refractivity contribution is 5.82. The van der Waals surface area contributed by atoms with Gasteiger partial charge >= 0.3 is 0 Å². The van der Waals surface area contributed by atoms with Crippen molar-refractivity contribution in [3.05, 3.63) is 94.2 Å². The summed E-state index contributed by atoms with van der Waals surface area (Å²) in [5.74, 6) is 1.48. The van der Waals surface area contributed by atoms with Crippen LogP contribution in [0.1, 0.15) is 46.6 Å². The second-order valence-electron chi connectivity index (χ2n) is 9.08. The maximum absolute atomic E-state index is 6.15. The minimum absolute atomic E-state index is 0.136. The summed E-state index contributed by atoms with van der Waals surface area (Å²) in [6, 6.07) is 21.2. The van der Waals surface area contributed by atoms with Gasteiger partial charge in [0.05, 0.1) is 18.0 Å². The first kappa shape index (κ1) is 22.1. The van der Waals surface area contributed by atoms with E-state index in [1.54, 1.807) is 0 Å². The van der Waals surface area contributed by atoms with E-state index in [0.29, 0.717) is 13.2 Å². The molecular formula is C29H31N3O2. The molecule has 1 aliphatic rings. The monoisotopic (exact) mass is 453 g/mol. The van der Waals surface area contributed by atoms with Crippen LogP contribution in [0.2, 0.25) is 0 Å². The lowest BCUT2D eigenvalue weighted by molar-refractivity contribution is 0.269. The number of anilines is 1. The average molecular weight is 454 g/mol. The second-order valence-corrected chi connectivity index (χ2v) is 9.08. The molecule has 1 unspecified atom stereocenters. The molecule has 3 aromatic carbocycles. The van der Waals surface area contributed by atoms with Gasteiger partial charge in [-0.05, 0) is 70.0 Å². The molecule has 0 spiro atoms. The summed E-state index contributed by atoms with van der Waals surface area (Å²) in [6.45, 7) is 11.5. The molecule has 0 aliphatic carbocycles. The number of fused-ring (bicyclic) bond motifs is 3. The van der Waals surface area contributed by atoms with Crippen molar-refractivity contribution in [2.24, 2.45) is 0 Å². The van der Waals surface area contributed by atoms with Crippen molar-refractivity contribution in [2.75, 3.05) is 11.9 Å². The number of hydrogen-bond acceptors (Lipinski definition) is 4. The average Bonchev–Trinajstić information content (AvgIpc) is 3.21. The molecule has 0 saturated heterocycles. The molecule has 0 saturated carbocycles. The smallest absolute Gasteiger partial charge is 0.161 e. The van der Waals surface area contributed by atoms with Gasteiger partial charge in [-0.15, -0.1) is 0 Å². The maximum Gasteiger partial charge on any atom is 0.161 e. The number of hydrogen-bond donors (Lipinski definition) is 1. The van der Waals surface area contributed by atoms with Gasteiger partial charge in [-0.1, -0.05) is 47.5 Å². The van der Waals surface area contributed by atoms with E-state index in [4.69, 9.17) is 14.6 Å².